The summed E-state index contributed by atoms with van der Waals surface area (Å²) < 4.78 is 5.24. The van der Waals surface area contributed by atoms with Crippen LogP contribution >= 0.6 is 11.6 Å². The van der Waals surface area contributed by atoms with E-state index in [9.17, 15) is 0 Å². The maximum atomic E-state index is 6.04. The van der Waals surface area contributed by atoms with E-state index in [2.05, 4.69) is 0 Å². The molecule has 2 nitrogen and oxygen atoms in total. The summed E-state index contributed by atoms with van der Waals surface area (Å²) >= 11 is 5.64. The van der Waals surface area contributed by atoms with Gasteiger partial charge in [0.25, 0.3) is 0 Å². The molecule has 0 bridgehead atoms. The van der Waals surface area contributed by atoms with E-state index in [0.717, 1.165) is 25.0 Å². The Morgan fingerprint density at radius 1 is 1.50 bits per heavy atom. The molecule has 1 aliphatic rings. The van der Waals surface area contributed by atoms with Gasteiger partial charge < -0.3 is 10.2 Å². The number of furan rings is 1. The van der Waals surface area contributed by atoms with E-state index < -0.39 is 0 Å². The molecule has 0 saturated heterocycles. The zero-order chi connectivity index (χ0) is 8.60. The number of hydrogen-bond acceptors (Lipinski definition) is 2. The molecule has 0 amide bonds. The average Bonchev–Trinajstić information content (AvgIpc) is 2.32. The highest BCUT2D eigenvalue weighted by Gasteiger charge is 2.33. The second-order valence-corrected chi connectivity index (χ2v) is 3.97. The van der Waals surface area contributed by atoms with E-state index in [4.69, 9.17) is 21.8 Å². The molecule has 2 N–H and O–H groups in total. The van der Waals surface area contributed by atoms with Gasteiger partial charge in [-0.3, -0.25) is 0 Å². The summed E-state index contributed by atoms with van der Waals surface area (Å²) in [6.07, 6.45) is 4.27. The fraction of sp³-hybridized carbons (Fsp3) is 0.556. The second kappa shape index (κ2) is 2.79. The van der Waals surface area contributed by atoms with Crippen LogP contribution in [0.4, 0.5) is 0 Å². The number of nitrogens with two attached hydrogens (primary N) is 1. The Bertz CT molecular complexity index is 278. The summed E-state index contributed by atoms with van der Waals surface area (Å²) in [5.74, 6) is 0.905. The molecule has 0 aromatic carbocycles. The van der Waals surface area contributed by atoms with E-state index in [1.54, 1.807) is 6.07 Å². The highest BCUT2D eigenvalue weighted by molar-refractivity contribution is 6.28. The van der Waals surface area contributed by atoms with Gasteiger partial charge in [0.15, 0.2) is 5.22 Å². The highest BCUT2D eigenvalue weighted by Crippen LogP contribution is 2.33. The molecule has 12 heavy (non-hydrogen) atoms. The van der Waals surface area contributed by atoms with Gasteiger partial charge in [-0.2, -0.15) is 0 Å². The molecule has 3 heteroatoms. The minimum atomic E-state index is -0.0127. The lowest BCUT2D eigenvalue weighted by atomic mass is 9.75. The topological polar surface area (TPSA) is 39.2 Å². The maximum Gasteiger partial charge on any atom is 0.193 e. The highest BCUT2D eigenvalue weighted by atomic mass is 35.5. The Kier molecular flexibility index (Phi) is 1.89. The van der Waals surface area contributed by atoms with Gasteiger partial charge in [-0.05, 0) is 43.0 Å². The minimum absolute atomic E-state index is 0.0127. The van der Waals surface area contributed by atoms with E-state index in [1.165, 1.54) is 6.42 Å². The largest absolute Gasteiger partial charge is 0.450 e. The SMILES string of the molecule is NC1(Cc2ccc(Cl)o2)CCC1. The molecule has 1 aromatic heterocycles. The summed E-state index contributed by atoms with van der Waals surface area (Å²) in [5, 5.41) is 0.452. The fourth-order valence-electron chi connectivity index (χ4n) is 1.60. The first-order chi connectivity index (χ1) is 5.68. The van der Waals surface area contributed by atoms with Crippen LogP contribution in [-0.4, -0.2) is 5.54 Å². The standard InChI is InChI=1S/C9H12ClNO/c10-8-3-2-7(12-8)6-9(11)4-1-5-9/h2-3H,1,4-6,11H2. The Morgan fingerprint density at radius 2 is 2.25 bits per heavy atom. The molecule has 1 saturated carbocycles. The van der Waals surface area contributed by atoms with Gasteiger partial charge in [0.05, 0.1) is 0 Å². The van der Waals surface area contributed by atoms with Crippen LogP contribution in [0.2, 0.25) is 5.22 Å². The van der Waals surface area contributed by atoms with Gasteiger partial charge in [0.2, 0.25) is 0 Å². The van der Waals surface area contributed by atoms with Crippen molar-refractivity contribution in [2.45, 2.75) is 31.2 Å². The summed E-state index contributed by atoms with van der Waals surface area (Å²) in [6, 6.07) is 3.66. The first-order valence-electron chi connectivity index (χ1n) is 4.21. The van der Waals surface area contributed by atoms with Gasteiger partial charge in [-0.1, -0.05) is 0 Å². The number of halogens is 1. The fourth-order valence-corrected chi connectivity index (χ4v) is 1.76. The third-order valence-electron chi connectivity index (χ3n) is 2.50. The summed E-state index contributed by atoms with van der Waals surface area (Å²) in [6.45, 7) is 0. The quantitative estimate of drug-likeness (QED) is 0.769. The van der Waals surface area contributed by atoms with Gasteiger partial charge in [-0.25, -0.2) is 0 Å². The first-order valence-corrected chi connectivity index (χ1v) is 4.59. The predicted octanol–water partition coefficient (Wildman–Crippen LogP) is 2.36. The van der Waals surface area contributed by atoms with Crippen LogP contribution in [0.25, 0.3) is 0 Å². The van der Waals surface area contributed by atoms with Crippen molar-refractivity contribution in [2.24, 2.45) is 5.73 Å². The van der Waals surface area contributed by atoms with Gasteiger partial charge in [-0.15, -0.1) is 0 Å². The van der Waals surface area contributed by atoms with Crippen molar-refractivity contribution in [3.05, 3.63) is 23.1 Å². The molecule has 66 valence electrons. The van der Waals surface area contributed by atoms with Crippen LogP contribution in [0.15, 0.2) is 16.5 Å². The molecule has 1 fully saturated rings. The van der Waals surface area contributed by atoms with E-state index >= 15 is 0 Å². The second-order valence-electron chi connectivity index (χ2n) is 3.60. The molecule has 0 unspecified atom stereocenters. The third-order valence-corrected chi connectivity index (χ3v) is 2.71. The Labute approximate surface area is 76.7 Å². The van der Waals surface area contributed by atoms with Gasteiger partial charge in [0.1, 0.15) is 5.76 Å². The lowest BCUT2D eigenvalue weighted by molar-refractivity contribution is 0.233. The Hall–Kier alpha value is -0.470. The van der Waals surface area contributed by atoms with Crippen molar-refractivity contribution in [3.63, 3.8) is 0 Å². The van der Waals surface area contributed by atoms with Crippen LogP contribution < -0.4 is 5.73 Å². The molecular formula is C9H12ClNO. The normalized spacial score (nSPS) is 20.5. The first kappa shape index (κ1) is 8.14. The Morgan fingerprint density at radius 3 is 2.67 bits per heavy atom. The van der Waals surface area contributed by atoms with Crippen molar-refractivity contribution in [3.8, 4) is 0 Å². The van der Waals surface area contributed by atoms with Gasteiger partial charge in [0, 0.05) is 12.0 Å². The van der Waals surface area contributed by atoms with Crippen LogP contribution in [0.5, 0.6) is 0 Å². The van der Waals surface area contributed by atoms with Crippen molar-refractivity contribution >= 4 is 11.6 Å². The molecule has 0 radical (unpaired) electrons. The molecule has 1 heterocycles. The maximum absolute atomic E-state index is 6.04. The Balaban J connectivity index is 2.03. The minimum Gasteiger partial charge on any atom is -0.450 e. The predicted molar refractivity (Wildman–Crippen MR) is 48.2 cm³/mol. The van der Waals surface area contributed by atoms with Crippen LogP contribution in [0.1, 0.15) is 25.0 Å². The molecule has 1 aliphatic carbocycles. The summed E-state index contributed by atoms with van der Waals surface area (Å²) in [7, 11) is 0. The van der Waals surface area contributed by atoms with E-state index in [0.29, 0.717) is 5.22 Å². The molecular weight excluding hydrogens is 174 g/mol. The molecule has 0 aliphatic heterocycles. The van der Waals surface area contributed by atoms with E-state index in [1.807, 2.05) is 6.07 Å². The number of hydrogen-bond donors (Lipinski definition) is 1. The zero-order valence-corrected chi connectivity index (χ0v) is 7.60. The lowest BCUT2D eigenvalue weighted by Crippen LogP contribution is -2.48. The monoisotopic (exact) mass is 185 g/mol. The van der Waals surface area contributed by atoms with Crippen molar-refractivity contribution in [1.29, 1.82) is 0 Å². The van der Waals surface area contributed by atoms with E-state index in [-0.39, 0.29) is 5.54 Å². The lowest BCUT2D eigenvalue weighted by Gasteiger charge is -2.37. The van der Waals surface area contributed by atoms with Crippen molar-refractivity contribution in [1.82, 2.24) is 0 Å². The summed E-state index contributed by atoms with van der Waals surface area (Å²) in [5.41, 5.74) is 6.03. The molecule has 1 aromatic rings. The molecule has 2 rings (SSSR count). The van der Waals surface area contributed by atoms with Crippen LogP contribution in [-0.2, 0) is 6.42 Å². The average molecular weight is 186 g/mol. The smallest absolute Gasteiger partial charge is 0.193 e. The number of rotatable bonds is 2. The third kappa shape index (κ3) is 1.50. The van der Waals surface area contributed by atoms with Crippen molar-refractivity contribution < 1.29 is 4.42 Å². The summed E-state index contributed by atoms with van der Waals surface area (Å²) in [4.78, 5) is 0. The van der Waals surface area contributed by atoms with Crippen LogP contribution in [0.3, 0.4) is 0 Å². The van der Waals surface area contributed by atoms with Crippen molar-refractivity contribution in [2.75, 3.05) is 0 Å². The molecule has 0 spiro atoms. The zero-order valence-electron chi connectivity index (χ0n) is 6.85. The molecule has 0 atom stereocenters. The van der Waals surface area contributed by atoms with Crippen LogP contribution in [0, 0.1) is 0 Å². The van der Waals surface area contributed by atoms with Gasteiger partial charge >= 0.3 is 0 Å².